The molecule has 0 radical (unpaired) electrons. The van der Waals surface area contributed by atoms with E-state index >= 15 is 0 Å². The van der Waals surface area contributed by atoms with Gasteiger partial charge in [-0.3, -0.25) is 4.79 Å². The van der Waals surface area contributed by atoms with Crippen LogP contribution >= 0.6 is 0 Å². The molecule has 0 aliphatic rings. The highest BCUT2D eigenvalue weighted by Gasteiger charge is 2.54. The molecule has 0 N–H and O–H groups in total. The van der Waals surface area contributed by atoms with Crippen LogP contribution in [0.25, 0.3) is 0 Å². The highest BCUT2D eigenvalue weighted by Crippen LogP contribution is 2.39. The summed E-state index contributed by atoms with van der Waals surface area (Å²) in [5.41, 5.74) is 0. The van der Waals surface area contributed by atoms with Crippen LogP contribution in [0.2, 0.25) is 10.1 Å². The van der Waals surface area contributed by atoms with Gasteiger partial charge in [0, 0.05) is 6.42 Å². The summed E-state index contributed by atoms with van der Waals surface area (Å²) in [5.74, 6) is -0.202. The van der Waals surface area contributed by atoms with Crippen LogP contribution in [0.3, 0.4) is 0 Å². The Hall–Kier alpha value is -3.78. The first kappa shape index (κ1) is 34.1. The lowest BCUT2D eigenvalue weighted by Gasteiger charge is -2.45. The van der Waals surface area contributed by atoms with Crippen LogP contribution < -0.4 is 20.7 Å². The van der Waals surface area contributed by atoms with Crippen molar-refractivity contribution in [3.8, 4) is 0 Å². The van der Waals surface area contributed by atoms with Crippen molar-refractivity contribution in [2.75, 3.05) is 0 Å². The molecule has 0 aliphatic carbocycles. The third-order valence-corrected chi connectivity index (χ3v) is 18.5. The van der Waals surface area contributed by atoms with E-state index in [0.29, 0.717) is 6.42 Å². The van der Waals surface area contributed by atoms with Gasteiger partial charge < -0.3 is 8.85 Å². The van der Waals surface area contributed by atoms with Crippen molar-refractivity contribution in [3.63, 3.8) is 0 Å². The lowest BCUT2D eigenvalue weighted by atomic mass is 10.2. The van der Waals surface area contributed by atoms with Crippen LogP contribution in [-0.2, 0) is 13.6 Å². The Balaban J connectivity index is 1.72. The zero-order valence-corrected chi connectivity index (χ0v) is 29.7. The summed E-state index contributed by atoms with van der Waals surface area (Å²) in [7, 11) is -5.85. The molecule has 3 nitrogen and oxygen atoms in total. The standard InChI is InChI=1S/C40H48O3Si2/c1-8-9-22-33(42-44(39(2,3)4,34-23-14-10-15-24-34)35-25-16-11-17-26-35)31-32-38(41)43-45(40(5,6)7,36-27-18-12-19-28-36)37-29-20-13-21-30-37/h8-30,33H,1,31-32H2,2-7H3/b22-9+/t33-/m1/s1. The molecule has 0 unspecified atom stereocenters. The van der Waals surface area contributed by atoms with Crippen molar-refractivity contribution in [3.05, 3.63) is 146 Å². The molecule has 0 saturated heterocycles. The van der Waals surface area contributed by atoms with Crippen LogP contribution in [0, 0.1) is 0 Å². The summed E-state index contributed by atoms with van der Waals surface area (Å²) in [6.07, 6.45) is 6.14. The van der Waals surface area contributed by atoms with Crippen molar-refractivity contribution >= 4 is 43.4 Å². The van der Waals surface area contributed by atoms with E-state index in [2.05, 4.69) is 121 Å². The van der Waals surface area contributed by atoms with Crippen LogP contribution in [0.15, 0.2) is 146 Å². The van der Waals surface area contributed by atoms with Gasteiger partial charge in [-0.05, 0) is 37.2 Å². The average molecular weight is 633 g/mol. The van der Waals surface area contributed by atoms with Gasteiger partial charge in [-0.2, -0.15) is 0 Å². The van der Waals surface area contributed by atoms with E-state index in [0.717, 1.165) is 10.4 Å². The quantitative estimate of drug-likeness (QED) is 0.120. The van der Waals surface area contributed by atoms with E-state index in [4.69, 9.17) is 8.85 Å². The molecule has 234 valence electrons. The van der Waals surface area contributed by atoms with Gasteiger partial charge >= 0.3 is 8.32 Å². The SMILES string of the molecule is C=C/C=C/[C@H](CCC(=O)O[Si](c1ccccc1)(c1ccccc1)C(C)(C)C)O[Si](c1ccccc1)(c1ccccc1)C(C)(C)C. The number of hydrogen-bond acceptors (Lipinski definition) is 3. The van der Waals surface area contributed by atoms with Crippen LogP contribution in [0.5, 0.6) is 0 Å². The Labute approximate surface area is 272 Å². The van der Waals surface area contributed by atoms with Gasteiger partial charge in [-0.25, -0.2) is 0 Å². The molecule has 0 fully saturated rings. The second-order valence-corrected chi connectivity index (χ2v) is 22.1. The Morgan fingerprint density at radius 3 is 1.33 bits per heavy atom. The topological polar surface area (TPSA) is 35.5 Å². The largest absolute Gasteiger partial charge is 0.510 e. The first-order chi connectivity index (χ1) is 21.5. The van der Waals surface area contributed by atoms with E-state index < -0.39 is 16.6 Å². The van der Waals surface area contributed by atoms with Crippen molar-refractivity contribution in [1.82, 2.24) is 0 Å². The number of carbonyl (C=O) groups is 1. The molecule has 0 aliphatic heterocycles. The minimum absolute atomic E-state index is 0.189. The maximum Gasteiger partial charge on any atom is 0.323 e. The summed E-state index contributed by atoms with van der Waals surface area (Å²) in [6, 6.07) is 41.8. The van der Waals surface area contributed by atoms with Crippen molar-refractivity contribution in [2.45, 2.75) is 70.6 Å². The highest BCUT2D eigenvalue weighted by molar-refractivity contribution is 7.00. The molecule has 45 heavy (non-hydrogen) atoms. The summed E-state index contributed by atoms with van der Waals surface area (Å²) < 4.78 is 14.2. The number of allylic oxidation sites excluding steroid dienone is 2. The smallest absolute Gasteiger partial charge is 0.323 e. The highest BCUT2D eigenvalue weighted by atomic mass is 28.4. The van der Waals surface area contributed by atoms with Crippen molar-refractivity contribution < 1.29 is 13.6 Å². The van der Waals surface area contributed by atoms with Crippen molar-refractivity contribution in [2.24, 2.45) is 0 Å². The first-order valence-electron chi connectivity index (χ1n) is 15.9. The predicted molar refractivity (Wildman–Crippen MR) is 195 cm³/mol. The monoisotopic (exact) mass is 632 g/mol. The molecular formula is C40H48O3Si2. The van der Waals surface area contributed by atoms with E-state index in [1.807, 2.05) is 60.7 Å². The molecule has 0 bridgehead atoms. The van der Waals surface area contributed by atoms with Crippen molar-refractivity contribution in [1.29, 1.82) is 0 Å². The second-order valence-electron chi connectivity index (χ2n) is 13.6. The van der Waals surface area contributed by atoms with E-state index in [-0.39, 0.29) is 28.6 Å². The molecule has 0 heterocycles. The molecule has 4 aromatic carbocycles. The fraction of sp³-hybridized carbons (Fsp3) is 0.275. The lowest BCUT2D eigenvalue weighted by molar-refractivity contribution is -0.135. The zero-order chi connectivity index (χ0) is 32.6. The van der Waals surface area contributed by atoms with E-state index in [1.165, 1.54) is 10.4 Å². The van der Waals surface area contributed by atoms with Gasteiger partial charge in [-0.1, -0.05) is 188 Å². The van der Waals surface area contributed by atoms with Crippen LogP contribution in [-0.4, -0.2) is 28.7 Å². The van der Waals surface area contributed by atoms with Gasteiger partial charge in [0.2, 0.25) is 0 Å². The van der Waals surface area contributed by atoms with Gasteiger partial charge in [0.05, 0.1) is 6.10 Å². The van der Waals surface area contributed by atoms with E-state index in [9.17, 15) is 4.79 Å². The third-order valence-electron chi connectivity index (χ3n) is 8.52. The molecule has 0 amide bonds. The minimum Gasteiger partial charge on any atom is -0.510 e. The summed E-state index contributed by atoms with van der Waals surface area (Å²) in [4.78, 5) is 14.1. The van der Waals surface area contributed by atoms with E-state index in [1.54, 1.807) is 6.08 Å². The zero-order valence-electron chi connectivity index (χ0n) is 27.7. The number of rotatable bonds is 12. The Kier molecular flexibility index (Phi) is 11.0. The van der Waals surface area contributed by atoms with Gasteiger partial charge in [0.1, 0.15) is 0 Å². The lowest BCUT2D eigenvalue weighted by Crippen LogP contribution is -2.67. The Bertz CT molecular complexity index is 1460. The first-order valence-corrected chi connectivity index (χ1v) is 19.7. The van der Waals surface area contributed by atoms with Crippen LogP contribution in [0.1, 0.15) is 54.4 Å². The molecular weight excluding hydrogens is 585 g/mol. The van der Waals surface area contributed by atoms with Gasteiger partial charge in [0.15, 0.2) is 0 Å². The van der Waals surface area contributed by atoms with Gasteiger partial charge in [0.25, 0.3) is 14.3 Å². The average Bonchev–Trinajstić information content (AvgIpc) is 3.04. The third kappa shape index (κ3) is 7.38. The molecule has 0 spiro atoms. The fourth-order valence-electron chi connectivity index (χ4n) is 6.45. The summed E-state index contributed by atoms with van der Waals surface area (Å²) in [6.45, 7) is 17.3. The molecule has 1 atom stereocenters. The molecule has 0 aromatic heterocycles. The molecule has 5 heteroatoms. The molecule has 0 saturated carbocycles. The maximum atomic E-state index is 14.1. The fourth-order valence-corrected chi connectivity index (χ4v) is 15.5. The number of hydrogen-bond donors (Lipinski definition) is 0. The molecule has 4 rings (SSSR count). The normalized spacial score (nSPS) is 13.4. The minimum atomic E-state index is -3.01. The number of carbonyl (C=O) groups excluding carboxylic acids is 1. The predicted octanol–water partition coefficient (Wildman–Crippen LogP) is 7.56. The Morgan fingerprint density at radius 2 is 1.00 bits per heavy atom. The second kappa shape index (κ2) is 14.5. The molecule has 4 aromatic rings. The van der Waals surface area contributed by atoms with Crippen LogP contribution in [0.4, 0.5) is 0 Å². The number of benzene rings is 4. The maximum absolute atomic E-state index is 14.1. The summed E-state index contributed by atoms with van der Waals surface area (Å²) >= 11 is 0. The van der Waals surface area contributed by atoms with Gasteiger partial charge in [-0.15, -0.1) is 0 Å². The summed E-state index contributed by atoms with van der Waals surface area (Å²) in [5, 5.41) is 4.10. The Morgan fingerprint density at radius 1 is 0.644 bits per heavy atom.